The average molecular weight is 403 g/mol. The molecule has 6 heteroatoms. The molecule has 1 saturated heterocycles. The number of nitrogens with one attached hydrogen (secondary N) is 1. The maximum absolute atomic E-state index is 12.7. The minimum absolute atomic E-state index is 0.00216. The fourth-order valence-corrected chi connectivity index (χ4v) is 4.10. The zero-order valence-electron chi connectivity index (χ0n) is 17.6. The van der Waals surface area contributed by atoms with Gasteiger partial charge in [0.05, 0.1) is 6.61 Å². The quantitative estimate of drug-likeness (QED) is 0.702. The van der Waals surface area contributed by atoms with Crippen molar-refractivity contribution < 1.29 is 19.1 Å². The molecule has 160 valence electrons. The van der Waals surface area contributed by atoms with Crippen molar-refractivity contribution in [1.29, 1.82) is 0 Å². The van der Waals surface area contributed by atoms with Crippen LogP contribution >= 0.6 is 0 Å². The molecule has 0 atom stereocenters. The highest BCUT2D eigenvalue weighted by atomic mass is 16.5. The summed E-state index contributed by atoms with van der Waals surface area (Å²) in [6.45, 7) is 3.96. The molecule has 0 aromatic heterocycles. The number of nitrogens with zero attached hydrogens (tertiary/aromatic N) is 1. The second-order valence-corrected chi connectivity index (χ2v) is 7.99. The van der Waals surface area contributed by atoms with Crippen LogP contribution in [0.15, 0.2) is 18.2 Å². The molecule has 3 rings (SSSR count). The van der Waals surface area contributed by atoms with E-state index in [4.69, 9.17) is 9.47 Å². The number of hydrogen-bond donors (Lipinski definition) is 1. The Bertz CT molecular complexity index is 677. The van der Waals surface area contributed by atoms with E-state index in [2.05, 4.69) is 5.32 Å². The molecule has 1 N–H and O–H groups in total. The van der Waals surface area contributed by atoms with Crippen LogP contribution in [0.3, 0.4) is 0 Å². The minimum Gasteiger partial charge on any atom is -0.490 e. The van der Waals surface area contributed by atoms with E-state index >= 15 is 0 Å². The maximum atomic E-state index is 12.7. The Kier molecular flexibility index (Phi) is 8.20. The number of hydrogen-bond acceptors (Lipinski definition) is 4. The van der Waals surface area contributed by atoms with E-state index in [-0.39, 0.29) is 24.5 Å². The van der Waals surface area contributed by atoms with E-state index in [1.54, 1.807) is 18.2 Å². The van der Waals surface area contributed by atoms with E-state index < -0.39 is 0 Å². The highest BCUT2D eigenvalue weighted by Gasteiger charge is 2.20. The summed E-state index contributed by atoms with van der Waals surface area (Å²) in [6.07, 6.45) is 10.2. The number of piperidine rings is 1. The Hall–Kier alpha value is -2.24. The first-order chi connectivity index (χ1) is 14.2. The molecule has 1 aliphatic heterocycles. The van der Waals surface area contributed by atoms with Gasteiger partial charge in [-0.3, -0.25) is 9.59 Å². The molecule has 0 unspecified atom stereocenters. The molecule has 29 heavy (non-hydrogen) atoms. The Balaban J connectivity index is 1.61. The van der Waals surface area contributed by atoms with Crippen molar-refractivity contribution >= 4 is 11.8 Å². The zero-order chi connectivity index (χ0) is 20.5. The normalized spacial score (nSPS) is 18.0. The van der Waals surface area contributed by atoms with Crippen LogP contribution in [0.1, 0.15) is 75.1 Å². The van der Waals surface area contributed by atoms with Gasteiger partial charge in [0.25, 0.3) is 11.8 Å². The van der Waals surface area contributed by atoms with Gasteiger partial charge in [0.1, 0.15) is 0 Å². The summed E-state index contributed by atoms with van der Waals surface area (Å²) < 4.78 is 11.4. The number of rotatable bonds is 7. The SMILES string of the molecule is CCOc1cc(C(=O)NC2CCCCCC2)ccc1OCC(=O)N1CCCCC1. The third kappa shape index (κ3) is 6.38. The van der Waals surface area contributed by atoms with Crippen LogP contribution in [0.2, 0.25) is 0 Å². The first-order valence-electron chi connectivity index (χ1n) is 11.2. The fourth-order valence-electron chi connectivity index (χ4n) is 4.10. The smallest absolute Gasteiger partial charge is 0.260 e. The lowest BCUT2D eigenvalue weighted by Gasteiger charge is -2.26. The molecule has 2 amide bonds. The van der Waals surface area contributed by atoms with Gasteiger partial charge in [-0.2, -0.15) is 0 Å². The lowest BCUT2D eigenvalue weighted by molar-refractivity contribution is -0.134. The van der Waals surface area contributed by atoms with Gasteiger partial charge in [-0.05, 0) is 57.2 Å². The fraction of sp³-hybridized carbons (Fsp3) is 0.652. The Morgan fingerprint density at radius 3 is 2.34 bits per heavy atom. The molecule has 1 saturated carbocycles. The van der Waals surface area contributed by atoms with Crippen molar-refractivity contribution in [1.82, 2.24) is 10.2 Å². The molecule has 0 radical (unpaired) electrons. The summed E-state index contributed by atoms with van der Waals surface area (Å²) in [6, 6.07) is 5.45. The van der Waals surface area contributed by atoms with Gasteiger partial charge in [0.2, 0.25) is 0 Å². The van der Waals surface area contributed by atoms with E-state index in [1.165, 1.54) is 32.1 Å². The van der Waals surface area contributed by atoms with Crippen LogP contribution in [-0.2, 0) is 4.79 Å². The van der Waals surface area contributed by atoms with Crippen LogP contribution < -0.4 is 14.8 Å². The monoisotopic (exact) mass is 402 g/mol. The summed E-state index contributed by atoms with van der Waals surface area (Å²) in [5, 5.41) is 3.16. The Morgan fingerprint density at radius 1 is 0.966 bits per heavy atom. The number of likely N-dealkylation sites (tertiary alicyclic amines) is 1. The molecule has 1 aliphatic carbocycles. The van der Waals surface area contributed by atoms with E-state index in [1.807, 2.05) is 11.8 Å². The second-order valence-electron chi connectivity index (χ2n) is 7.99. The number of carbonyl (C=O) groups excluding carboxylic acids is 2. The predicted octanol–water partition coefficient (Wildman–Crippen LogP) is 3.93. The Labute approximate surface area is 173 Å². The van der Waals surface area contributed by atoms with Crippen molar-refractivity contribution in [3.05, 3.63) is 23.8 Å². The van der Waals surface area contributed by atoms with E-state index in [9.17, 15) is 9.59 Å². The molecule has 0 spiro atoms. The summed E-state index contributed by atoms with van der Waals surface area (Å²) in [7, 11) is 0. The molecule has 2 fully saturated rings. The van der Waals surface area contributed by atoms with Gasteiger partial charge >= 0.3 is 0 Å². The van der Waals surface area contributed by atoms with Crippen molar-refractivity contribution in [2.45, 2.75) is 70.8 Å². The van der Waals surface area contributed by atoms with Gasteiger partial charge in [-0.15, -0.1) is 0 Å². The first kappa shape index (κ1) is 21.5. The zero-order valence-corrected chi connectivity index (χ0v) is 17.6. The molecule has 1 heterocycles. The van der Waals surface area contributed by atoms with E-state index in [0.29, 0.717) is 23.7 Å². The van der Waals surface area contributed by atoms with E-state index in [0.717, 1.165) is 38.8 Å². The van der Waals surface area contributed by atoms with Crippen molar-refractivity contribution in [2.24, 2.45) is 0 Å². The standard InChI is InChI=1S/C23H34N2O4/c1-2-28-21-16-18(23(27)24-19-10-6-3-4-7-11-19)12-13-20(21)29-17-22(26)25-14-8-5-9-15-25/h12-13,16,19H,2-11,14-15,17H2,1H3,(H,24,27). The van der Waals surface area contributed by atoms with Crippen LogP contribution in [-0.4, -0.2) is 49.1 Å². The van der Waals surface area contributed by atoms with Gasteiger partial charge < -0.3 is 19.7 Å². The van der Waals surface area contributed by atoms with Crippen LogP contribution in [0.4, 0.5) is 0 Å². The predicted molar refractivity (Wildman–Crippen MR) is 112 cm³/mol. The molecule has 6 nitrogen and oxygen atoms in total. The number of ether oxygens (including phenoxy) is 2. The summed E-state index contributed by atoms with van der Waals surface area (Å²) >= 11 is 0. The third-order valence-corrected chi connectivity index (χ3v) is 5.76. The lowest BCUT2D eigenvalue weighted by Crippen LogP contribution is -2.38. The average Bonchev–Trinajstić information content (AvgIpc) is 3.02. The third-order valence-electron chi connectivity index (χ3n) is 5.76. The van der Waals surface area contributed by atoms with Gasteiger partial charge in [-0.25, -0.2) is 0 Å². The second kappa shape index (κ2) is 11.1. The molecular formula is C23H34N2O4. The highest BCUT2D eigenvalue weighted by molar-refractivity contribution is 5.95. The first-order valence-corrected chi connectivity index (χ1v) is 11.2. The molecule has 0 bridgehead atoms. The van der Waals surface area contributed by atoms with Crippen LogP contribution in [0.5, 0.6) is 11.5 Å². The summed E-state index contributed by atoms with van der Waals surface area (Å²) in [5.74, 6) is 0.937. The summed E-state index contributed by atoms with van der Waals surface area (Å²) in [5.41, 5.74) is 0.562. The maximum Gasteiger partial charge on any atom is 0.260 e. The van der Waals surface area contributed by atoms with Gasteiger partial charge in [0, 0.05) is 24.7 Å². The van der Waals surface area contributed by atoms with Crippen molar-refractivity contribution in [2.75, 3.05) is 26.3 Å². The Morgan fingerprint density at radius 2 is 1.66 bits per heavy atom. The van der Waals surface area contributed by atoms with Gasteiger partial charge in [-0.1, -0.05) is 25.7 Å². The topological polar surface area (TPSA) is 67.9 Å². The number of amides is 2. The number of benzene rings is 1. The summed E-state index contributed by atoms with van der Waals surface area (Å²) in [4.78, 5) is 26.9. The van der Waals surface area contributed by atoms with Crippen LogP contribution in [0.25, 0.3) is 0 Å². The van der Waals surface area contributed by atoms with Crippen LogP contribution in [0, 0.1) is 0 Å². The number of carbonyl (C=O) groups is 2. The van der Waals surface area contributed by atoms with Crippen molar-refractivity contribution in [3.63, 3.8) is 0 Å². The van der Waals surface area contributed by atoms with Crippen molar-refractivity contribution in [3.8, 4) is 11.5 Å². The van der Waals surface area contributed by atoms with Gasteiger partial charge in [0.15, 0.2) is 18.1 Å². The highest BCUT2D eigenvalue weighted by Crippen LogP contribution is 2.29. The molecule has 1 aromatic rings. The largest absolute Gasteiger partial charge is 0.490 e. The molecule has 1 aromatic carbocycles. The molecule has 2 aliphatic rings. The lowest BCUT2D eigenvalue weighted by atomic mass is 10.1. The minimum atomic E-state index is -0.0752. The molecular weight excluding hydrogens is 368 g/mol.